The third-order valence-electron chi connectivity index (χ3n) is 2.50. The van der Waals surface area contributed by atoms with Crippen molar-refractivity contribution in [3.63, 3.8) is 0 Å². The Morgan fingerprint density at radius 1 is 1.85 bits per heavy atom. The van der Waals surface area contributed by atoms with E-state index < -0.39 is 5.54 Å². The van der Waals surface area contributed by atoms with Crippen molar-refractivity contribution in [1.29, 1.82) is 0 Å². The molecule has 0 radical (unpaired) electrons. The quantitative estimate of drug-likeness (QED) is 0.525. The largest absolute Gasteiger partial charge is 0.468 e. The Balaban J connectivity index is 2.85. The second-order valence-corrected chi connectivity index (χ2v) is 3.24. The van der Waals surface area contributed by atoms with Crippen LogP contribution in [0.25, 0.3) is 0 Å². The molecule has 0 saturated carbocycles. The lowest BCUT2D eigenvalue weighted by atomic mass is 9.93. The lowest BCUT2D eigenvalue weighted by Crippen LogP contribution is -2.49. The zero-order chi connectivity index (χ0) is 9.90. The van der Waals surface area contributed by atoms with E-state index in [1.165, 1.54) is 7.11 Å². The molecule has 1 aliphatic heterocycles. The normalized spacial score (nSPS) is 28.8. The third-order valence-corrected chi connectivity index (χ3v) is 2.50. The molecule has 0 amide bonds. The van der Waals surface area contributed by atoms with Crippen LogP contribution in [0.1, 0.15) is 19.3 Å². The first-order chi connectivity index (χ1) is 6.17. The van der Waals surface area contributed by atoms with Gasteiger partial charge in [-0.15, -0.1) is 6.58 Å². The number of carbonyl (C=O) groups excluding carboxylic acids is 1. The van der Waals surface area contributed by atoms with Crippen molar-refractivity contribution >= 4 is 5.97 Å². The number of rotatable bonds is 3. The van der Waals surface area contributed by atoms with E-state index in [9.17, 15) is 10.0 Å². The summed E-state index contributed by atoms with van der Waals surface area (Å²) in [5.41, 5.74) is -0.878. The zero-order valence-electron chi connectivity index (χ0n) is 7.82. The molecule has 1 unspecified atom stereocenters. The molecule has 1 fully saturated rings. The van der Waals surface area contributed by atoms with Crippen molar-refractivity contribution in [3.05, 3.63) is 12.7 Å². The molecule has 1 rings (SSSR count). The smallest absolute Gasteiger partial charge is 0.328 e. The fraction of sp³-hybridized carbons (Fsp3) is 0.667. The second-order valence-electron chi connectivity index (χ2n) is 3.24. The predicted molar refractivity (Wildman–Crippen MR) is 47.3 cm³/mol. The molecule has 1 saturated heterocycles. The number of nitrogens with zero attached hydrogens (tertiary/aromatic N) is 1. The molecule has 1 aliphatic rings. The average molecular weight is 185 g/mol. The van der Waals surface area contributed by atoms with Crippen LogP contribution < -0.4 is 0 Å². The molecule has 0 aliphatic carbocycles. The van der Waals surface area contributed by atoms with Crippen LogP contribution in [0.3, 0.4) is 0 Å². The van der Waals surface area contributed by atoms with Gasteiger partial charge in [0, 0.05) is 6.54 Å². The van der Waals surface area contributed by atoms with Crippen LogP contribution in [0.2, 0.25) is 0 Å². The Morgan fingerprint density at radius 3 is 2.92 bits per heavy atom. The van der Waals surface area contributed by atoms with Crippen molar-refractivity contribution in [3.8, 4) is 0 Å². The van der Waals surface area contributed by atoms with Crippen LogP contribution in [-0.2, 0) is 9.53 Å². The van der Waals surface area contributed by atoms with Crippen molar-refractivity contribution in [1.82, 2.24) is 5.06 Å². The van der Waals surface area contributed by atoms with E-state index in [1.807, 2.05) is 0 Å². The Hall–Kier alpha value is -0.870. The molecule has 74 valence electrons. The van der Waals surface area contributed by atoms with E-state index in [0.29, 0.717) is 19.4 Å². The first-order valence-corrected chi connectivity index (χ1v) is 4.33. The standard InChI is InChI=1S/C9H15NO3/c1-3-5-9(8(11)13-2)6-4-7-10(9)12/h3,12H,1,4-7H2,2H3. The first-order valence-electron chi connectivity index (χ1n) is 4.33. The molecule has 1 heterocycles. The van der Waals surface area contributed by atoms with Crippen molar-refractivity contribution < 1.29 is 14.7 Å². The highest BCUT2D eigenvalue weighted by Gasteiger charge is 2.47. The summed E-state index contributed by atoms with van der Waals surface area (Å²) >= 11 is 0. The highest BCUT2D eigenvalue weighted by molar-refractivity contribution is 5.81. The maximum absolute atomic E-state index is 11.5. The highest BCUT2D eigenvalue weighted by Crippen LogP contribution is 2.32. The van der Waals surface area contributed by atoms with Gasteiger partial charge in [-0.2, -0.15) is 5.06 Å². The number of hydrogen-bond donors (Lipinski definition) is 1. The summed E-state index contributed by atoms with van der Waals surface area (Å²) in [7, 11) is 1.33. The van der Waals surface area contributed by atoms with Crippen LogP contribution in [0.4, 0.5) is 0 Å². The summed E-state index contributed by atoms with van der Waals surface area (Å²) in [6.07, 6.45) is 3.49. The van der Waals surface area contributed by atoms with Gasteiger partial charge in [0.25, 0.3) is 0 Å². The molecule has 0 spiro atoms. The maximum atomic E-state index is 11.5. The zero-order valence-corrected chi connectivity index (χ0v) is 7.82. The fourth-order valence-electron chi connectivity index (χ4n) is 1.79. The number of hydroxylamine groups is 2. The monoisotopic (exact) mass is 185 g/mol. The van der Waals surface area contributed by atoms with E-state index in [1.54, 1.807) is 6.08 Å². The average Bonchev–Trinajstić information content (AvgIpc) is 2.48. The molecule has 0 bridgehead atoms. The van der Waals surface area contributed by atoms with E-state index in [0.717, 1.165) is 11.5 Å². The van der Waals surface area contributed by atoms with Gasteiger partial charge in [-0.3, -0.25) is 0 Å². The van der Waals surface area contributed by atoms with E-state index in [-0.39, 0.29) is 5.97 Å². The second kappa shape index (κ2) is 3.89. The molecular formula is C9H15NO3. The molecule has 0 aromatic rings. The number of carbonyl (C=O) groups is 1. The summed E-state index contributed by atoms with van der Waals surface area (Å²) < 4.78 is 4.67. The fourth-order valence-corrected chi connectivity index (χ4v) is 1.79. The molecular weight excluding hydrogens is 170 g/mol. The Kier molecular flexibility index (Phi) is 3.06. The number of methoxy groups -OCH3 is 1. The van der Waals surface area contributed by atoms with Crippen LogP contribution in [0.15, 0.2) is 12.7 Å². The van der Waals surface area contributed by atoms with Gasteiger partial charge in [0.1, 0.15) is 5.54 Å². The minimum atomic E-state index is -0.878. The Bertz CT molecular complexity index is 217. The van der Waals surface area contributed by atoms with Gasteiger partial charge in [-0.25, -0.2) is 4.79 Å². The lowest BCUT2D eigenvalue weighted by Gasteiger charge is -2.30. The van der Waals surface area contributed by atoms with Crippen LogP contribution in [0.5, 0.6) is 0 Å². The van der Waals surface area contributed by atoms with Gasteiger partial charge in [0.15, 0.2) is 0 Å². The summed E-state index contributed by atoms with van der Waals surface area (Å²) in [5, 5.41) is 10.6. The third kappa shape index (κ3) is 1.59. The van der Waals surface area contributed by atoms with Gasteiger partial charge in [0.2, 0.25) is 0 Å². The van der Waals surface area contributed by atoms with Gasteiger partial charge in [-0.1, -0.05) is 6.08 Å². The topological polar surface area (TPSA) is 49.8 Å². The van der Waals surface area contributed by atoms with Gasteiger partial charge < -0.3 is 9.94 Å². The van der Waals surface area contributed by atoms with Crippen molar-refractivity contribution in [2.24, 2.45) is 0 Å². The SMILES string of the molecule is C=CCC1(C(=O)OC)CCCN1O. The highest BCUT2D eigenvalue weighted by atomic mass is 16.5. The molecule has 1 N–H and O–H groups in total. The lowest BCUT2D eigenvalue weighted by molar-refractivity contribution is -0.186. The summed E-state index contributed by atoms with van der Waals surface area (Å²) in [6, 6.07) is 0. The molecule has 13 heavy (non-hydrogen) atoms. The van der Waals surface area contributed by atoms with Gasteiger partial charge in [0.05, 0.1) is 7.11 Å². The minimum absolute atomic E-state index is 0.382. The molecule has 0 aromatic heterocycles. The number of hydrogen-bond acceptors (Lipinski definition) is 4. The van der Waals surface area contributed by atoms with Gasteiger partial charge >= 0.3 is 5.97 Å². The van der Waals surface area contributed by atoms with Crippen LogP contribution >= 0.6 is 0 Å². The minimum Gasteiger partial charge on any atom is -0.468 e. The molecule has 0 aromatic carbocycles. The summed E-state index contributed by atoms with van der Waals surface area (Å²) in [6.45, 7) is 4.09. The summed E-state index contributed by atoms with van der Waals surface area (Å²) in [5.74, 6) is -0.382. The van der Waals surface area contributed by atoms with Crippen molar-refractivity contribution in [2.45, 2.75) is 24.8 Å². The Labute approximate surface area is 77.7 Å². The number of ether oxygens (including phenoxy) is 1. The maximum Gasteiger partial charge on any atom is 0.328 e. The molecule has 1 atom stereocenters. The van der Waals surface area contributed by atoms with Gasteiger partial charge in [-0.05, 0) is 19.3 Å². The van der Waals surface area contributed by atoms with E-state index in [2.05, 4.69) is 11.3 Å². The van der Waals surface area contributed by atoms with E-state index in [4.69, 9.17) is 0 Å². The van der Waals surface area contributed by atoms with Crippen molar-refractivity contribution in [2.75, 3.05) is 13.7 Å². The van der Waals surface area contributed by atoms with Crippen LogP contribution in [-0.4, -0.2) is 35.4 Å². The van der Waals surface area contributed by atoms with E-state index >= 15 is 0 Å². The first kappa shape index (κ1) is 10.2. The predicted octanol–water partition coefficient (Wildman–Crippen LogP) is 0.959. The summed E-state index contributed by atoms with van der Waals surface area (Å²) in [4.78, 5) is 11.5. The molecule has 4 heteroatoms. The number of esters is 1. The Morgan fingerprint density at radius 2 is 2.54 bits per heavy atom. The van der Waals surface area contributed by atoms with Crippen LogP contribution in [0, 0.1) is 0 Å². The molecule has 4 nitrogen and oxygen atoms in total.